The summed E-state index contributed by atoms with van der Waals surface area (Å²) >= 11 is 0. The molecule has 0 unspecified atom stereocenters. The van der Waals surface area contributed by atoms with Crippen LogP contribution < -0.4 is 5.32 Å². The van der Waals surface area contributed by atoms with Crippen LogP contribution in [0.3, 0.4) is 0 Å². The molecule has 1 nitrogen and oxygen atoms in total. The van der Waals surface area contributed by atoms with E-state index in [1.165, 1.54) is 64.3 Å². The number of hydrogen-bond donors (Lipinski definition) is 1. The van der Waals surface area contributed by atoms with Crippen molar-refractivity contribution in [2.45, 2.75) is 91.0 Å². The van der Waals surface area contributed by atoms with E-state index >= 15 is 0 Å². The lowest BCUT2D eigenvalue weighted by Gasteiger charge is -2.33. The molecule has 0 aromatic heterocycles. The molecule has 0 aliphatic heterocycles. The van der Waals surface area contributed by atoms with Crippen molar-refractivity contribution >= 4 is 0 Å². The van der Waals surface area contributed by atoms with Crippen molar-refractivity contribution in [1.82, 2.24) is 5.32 Å². The molecule has 17 heavy (non-hydrogen) atoms. The Hall–Kier alpha value is -0.0400. The Morgan fingerprint density at radius 2 is 1.65 bits per heavy atom. The third-order valence-corrected chi connectivity index (χ3v) is 4.22. The van der Waals surface area contributed by atoms with Crippen LogP contribution in [0, 0.1) is 5.41 Å². The minimum absolute atomic E-state index is 0.277. The monoisotopic (exact) mass is 239 g/mol. The van der Waals surface area contributed by atoms with E-state index in [9.17, 15) is 0 Å². The predicted octanol–water partition coefficient (Wildman–Crippen LogP) is 4.91. The molecule has 1 aliphatic carbocycles. The molecule has 0 heterocycles. The second-order valence-corrected chi connectivity index (χ2v) is 7.12. The predicted molar refractivity (Wildman–Crippen MR) is 77.4 cm³/mol. The molecule has 1 aliphatic rings. The van der Waals surface area contributed by atoms with E-state index in [1.807, 2.05) is 0 Å². The zero-order valence-electron chi connectivity index (χ0n) is 12.6. The van der Waals surface area contributed by atoms with Crippen LogP contribution in [0.2, 0.25) is 0 Å². The van der Waals surface area contributed by atoms with E-state index in [-0.39, 0.29) is 5.54 Å². The number of rotatable bonds is 7. The molecule has 1 fully saturated rings. The molecule has 0 atom stereocenters. The Morgan fingerprint density at radius 1 is 1.00 bits per heavy atom. The topological polar surface area (TPSA) is 12.0 Å². The first-order valence-corrected chi connectivity index (χ1v) is 7.72. The van der Waals surface area contributed by atoms with E-state index < -0.39 is 0 Å². The minimum atomic E-state index is 0.277. The Morgan fingerprint density at radius 3 is 2.18 bits per heavy atom. The molecule has 0 bridgehead atoms. The van der Waals surface area contributed by atoms with Crippen molar-refractivity contribution in [3.05, 3.63) is 0 Å². The summed E-state index contributed by atoms with van der Waals surface area (Å²) in [4.78, 5) is 0. The van der Waals surface area contributed by atoms with Crippen molar-refractivity contribution in [1.29, 1.82) is 0 Å². The van der Waals surface area contributed by atoms with Crippen LogP contribution in [0.4, 0.5) is 0 Å². The molecule has 1 heteroatoms. The Labute approximate surface area is 109 Å². The van der Waals surface area contributed by atoms with Gasteiger partial charge in [-0.1, -0.05) is 45.4 Å². The molecule has 1 N–H and O–H groups in total. The van der Waals surface area contributed by atoms with Gasteiger partial charge in [0.25, 0.3) is 0 Å². The first kappa shape index (κ1) is 15.0. The molecule has 0 aromatic carbocycles. The highest BCUT2D eigenvalue weighted by Crippen LogP contribution is 2.42. The van der Waals surface area contributed by atoms with Gasteiger partial charge in [0, 0.05) is 12.1 Å². The highest BCUT2D eigenvalue weighted by molar-refractivity contribution is 4.88. The van der Waals surface area contributed by atoms with Crippen molar-refractivity contribution in [3.8, 4) is 0 Å². The van der Waals surface area contributed by atoms with Gasteiger partial charge < -0.3 is 5.32 Å². The van der Waals surface area contributed by atoms with Crippen molar-refractivity contribution in [3.63, 3.8) is 0 Å². The summed E-state index contributed by atoms with van der Waals surface area (Å²) in [5.74, 6) is 0. The molecule has 102 valence electrons. The molecule has 0 radical (unpaired) electrons. The van der Waals surface area contributed by atoms with Gasteiger partial charge in [-0.3, -0.25) is 0 Å². The van der Waals surface area contributed by atoms with E-state index in [1.54, 1.807) is 0 Å². The molecule has 0 aromatic rings. The molecule has 0 saturated heterocycles. The Kier molecular flexibility index (Phi) is 5.99. The van der Waals surface area contributed by atoms with Gasteiger partial charge in [-0.2, -0.15) is 0 Å². The zero-order valence-corrected chi connectivity index (χ0v) is 12.6. The molecule has 0 spiro atoms. The molecular formula is C16H33N. The van der Waals surface area contributed by atoms with Gasteiger partial charge in [0.15, 0.2) is 0 Å². The first-order chi connectivity index (χ1) is 7.97. The van der Waals surface area contributed by atoms with Crippen LogP contribution in [0.15, 0.2) is 0 Å². The van der Waals surface area contributed by atoms with Gasteiger partial charge >= 0.3 is 0 Å². The number of hydrogen-bond acceptors (Lipinski definition) is 1. The lowest BCUT2D eigenvalue weighted by Crippen LogP contribution is -2.43. The number of unbranched alkanes of at least 4 members (excludes halogenated alkanes) is 3. The minimum Gasteiger partial charge on any atom is -0.312 e. The average Bonchev–Trinajstić information content (AvgIpc) is 2.71. The first-order valence-electron chi connectivity index (χ1n) is 7.72. The highest BCUT2D eigenvalue weighted by Gasteiger charge is 2.33. The average molecular weight is 239 g/mol. The van der Waals surface area contributed by atoms with Gasteiger partial charge in [0.1, 0.15) is 0 Å². The van der Waals surface area contributed by atoms with Gasteiger partial charge in [-0.15, -0.1) is 0 Å². The van der Waals surface area contributed by atoms with Gasteiger partial charge in [0.05, 0.1) is 0 Å². The van der Waals surface area contributed by atoms with Crippen molar-refractivity contribution in [2.75, 3.05) is 6.54 Å². The summed E-state index contributed by atoms with van der Waals surface area (Å²) in [5, 5.41) is 3.75. The Balaban J connectivity index is 2.34. The quantitative estimate of drug-likeness (QED) is 0.623. The summed E-state index contributed by atoms with van der Waals surface area (Å²) in [6.45, 7) is 10.4. The molecule has 0 amide bonds. The third-order valence-electron chi connectivity index (χ3n) is 4.22. The largest absolute Gasteiger partial charge is 0.312 e. The molecule has 1 saturated carbocycles. The maximum Gasteiger partial charge on any atom is 0.00967 e. The lowest BCUT2D eigenvalue weighted by atomic mass is 9.80. The summed E-state index contributed by atoms with van der Waals surface area (Å²) in [6, 6.07) is 0. The van der Waals surface area contributed by atoms with Gasteiger partial charge in [-0.25, -0.2) is 0 Å². The molecule has 1 rings (SSSR count). The fourth-order valence-electron chi connectivity index (χ4n) is 3.02. The van der Waals surface area contributed by atoms with Crippen LogP contribution in [-0.4, -0.2) is 12.1 Å². The van der Waals surface area contributed by atoms with Gasteiger partial charge in [-0.05, 0) is 45.4 Å². The van der Waals surface area contributed by atoms with Gasteiger partial charge in [0.2, 0.25) is 0 Å². The van der Waals surface area contributed by atoms with Crippen LogP contribution in [0.25, 0.3) is 0 Å². The summed E-state index contributed by atoms with van der Waals surface area (Å²) in [7, 11) is 0. The normalized spacial score (nSPS) is 19.8. The second-order valence-electron chi connectivity index (χ2n) is 7.12. The number of nitrogens with one attached hydrogen (secondary N) is 1. The van der Waals surface area contributed by atoms with Crippen LogP contribution in [0.5, 0.6) is 0 Å². The van der Waals surface area contributed by atoms with E-state index in [0.29, 0.717) is 5.41 Å². The highest BCUT2D eigenvalue weighted by atomic mass is 15.0. The summed E-state index contributed by atoms with van der Waals surface area (Å²) in [5.41, 5.74) is 0.917. The maximum atomic E-state index is 3.75. The molecular weight excluding hydrogens is 206 g/mol. The lowest BCUT2D eigenvalue weighted by molar-refractivity contribution is 0.222. The van der Waals surface area contributed by atoms with E-state index in [4.69, 9.17) is 0 Å². The second kappa shape index (κ2) is 6.78. The standard InChI is InChI=1S/C16H33N/c1-5-6-7-8-11-16(12-9-10-13-16)14-17-15(2,3)4/h17H,5-14H2,1-4H3. The zero-order chi connectivity index (χ0) is 12.8. The Bertz CT molecular complexity index is 196. The van der Waals surface area contributed by atoms with Crippen LogP contribution >= 0.6 is 0 Å². The van der Waals surface area contributed by atoms with Crippen LogP contribution in [-0.2, 0) is 0 Å². The SMILES string of the molecule is CCCCCCC1(CNC(C)(C)C)CCCC1. The summed E-state index contributed by atoms with van der Waals surface area (Å²) in [6.07, 6.45) is 12.9. The smallest absolute Gasteiger partial charge is 0.00967 e. The summed E-state index contributed by atoms with van der Waals surface area (Å²) < 4.78 is 0. The van der Waals surface area contributed by atoms with Crippen LogP contribution in [0.1, 0.15) is 85.5 Å². The van der Waals surface area contributed by atoms with E-state index in [0.717, 1.165) is 0 Å². The maximum absolute atomic E-state index is 3.75. The fourth-order valence-corrected chi connectivity index (χ4v) is 3.02. The fraction of sp³-hybridized carbons (Fsp3) is 1.00. The van der Waals surface area contributed by atoms with E-state index in [2.05, 4.69) is 33.0 Å². The van der Waals surface area contributed by atoms with Crippen molar-refractivity contribution < 1.29 is 0 Å². The van der Waals surface area contributed by atoms with Crippen molar-refractivity contribution in [2.24, 2.45) is 5.41 Å². The third kappa shape index (κ3) is 5.90.